The van der Waals surface area contributed by atoms with E-state index in [1.165, 1.54) is 0 Å². The molecule has 1 rings (SSSR count). The van der Waals surface area contributed by atoms with Gasteiger partial charge in [0.05, 0.1) is 11.3 Å². The standard InChI is InChI=1S/C8H5BrF4N2S/c9-5-2-3(10)1-4(8(11,12)13)6(5)15-7(14)16/h1-2H,(H3,14,15,16). The normalized spacial score (nSPS) is 11.3. The van der Waals surface area contributed by atoms with Crippen LogP contribution in [-0.4, -0.2) is 5.11 Å². The lowest BCUT2D eigenvalue weighted by Gasteiger charge is -2.15. The first-order chi connectivity index (χ1) is 7.21. The smallest absolute Gasteiger partial charge is 0.376 e. The Morgan fingerprint density at radius 1 is 1.38 bits per heavy atom. The molecule has 0 aliphatic rings. The fourth-order valence-corrected chi connectivity index (χ4v) is 1.68. The third-order valence-corrected chi connectivity index (χ3v) is 2.34. The first kappa shape index (κ1) is 13.2. The first-order valence-corrected chi connectivity index (χ1v) is 5.04. The minimum absolute atomic E-state index is 0.104. The second kappa shape index (κ2) is 4.54. The van der Waals surface area contributed by atoms with Crippen molar-refractivity contribution in [2.75, 3.05) is 5.32 Å². The summed E-state index contributed by atoms with van der Waals surface area (Å²) >= 11 is 7.24. The molecule has 0 spiro atoms. The van der Waals surface area contributed by atoms with Gasteiger partial charge in [0.2, 0.25) is 0 Å². The molecule has 0 unspecified atom stereocenters. The SMILES string of the molecule is NC(=S)Nc1c(Br)cc(F)cc1C(F)(F)F. The molecule has 0 bridgehead atoms. The molecular formula is C8H5BrF4N2S. The van der Waals surface area contributed by atoms with Crippen molar-refractivity contribution in [3.05, 3.63) is 28.0 Å². The predicted molar refractivity (Wildman–Crippen MR) is 59.5 cm³/mol. The monoisotopic (exact) mass is 316 g/mol. The van der Waals surface area contributed by atoms with Crippen LogP contribution in [0.25, 0.3) is 0 Å². The average molecular weight is 317 g/mol. The molecule has 3 N–H and O–H groups in total. The fraction of sp³-hybridized carbons (Fsp3) is 0.125. The molecule has 0 aliphatic carbocycles. The molecule has 2 nitrogen and oxygen atoms in total. The molecular weight excluding hydrogens is 312 g/mol. The molecule has 8 heteroatoms. The van der Waals surface area contributed by atoms with E-state index in [-0.39, 0.29) is 9.59 Å². The van der Waals surface area contributed by atoms with Gasteiger partial charge in [0.15, 0.2) is 5.11 Å². The van der Waals surface area contributed by atoms with Crippen molar-refractivity contribution in [1.82, 2.24) is 0 Å². The molecule has 88 valence electrons. The number of hydrogen-bond acceptors (Lipinski definition) is 1. The molecule has 0 fully saturated rings. The number of thiocarbonyl (C=S) groups is 1. The van der Waals surface area contributed by atoms with Crippen molar-refractivity contribution >= 4 is 38.9 Å². The zero-order valence-electron chi connectivity index (χ0n) is 7.53. The van der Waals surface area contributed by atoms with Crippen molar-refractivity contribution in [3.8, 4) is 0 Å². The van der Waals surface area contributed by atoms with Crippen molar-refractivity contribution < 1.29 is 17.6 Å². The molecule has 0 aromatic heterocycles. The molecule has 0 saturated heterocycles. The number of nitrogens with two attached hydrogens (primary N) is 1. The second-order valence-corrected chi connectivity index (χ2v) is 4.09. The van der Waals surface area contributed by atoms with Crippen LogP contribution >= 0.6 is 28.1 Å². The lowest BCUT2D eigenvalue weighted by molar-refractivity contribution is -0.137. The van der Waals surface area contributed by atoms with Gasteiger partial charge in [0, 0.05) is 4.47 Å². The predicted octanol–water partition coefficient (Wildman–Crippen LogP) is 3.26. The second-order valence-electron chi connectivity index (χ2n) is 2.80. The summed E-state index contributed by atoms with van der Waals surface area (Å²) < 4.78 is 50.4. The Labute approximate surface area is 102 Å². The van der Waals surface area contributed by atoms with Gasteiger partial charge in [-0.05, 0) is 40.3 Å². The number of hydrogen-bond donors (Lipinski definition) is 2. The first-order valence-electron chi connectivity index (χ1n) is 3.84. The van der Waals surface area contributed by atoms with E-state index in [2.05, 4.69) is 33.5 Å². The maximum atomic E-state index is 12.9. The summed E-state index contributed by atoms with van der Waals surface area (Å²) in [6, 6.07) is 1.25. The van der Waals surface area contributed by atoms with E-state index in [1.54, 1.807) is 0 Å². The van der Waals surface area contributed by atoms with E-state index in [1.807, 2.05) is 0 Å². The molecule has 0 amide bonds. The van der Waals surface area contributed by atoms with E-state index < -0.39 is 23.2 Å². The van der Waals surface area contributed by atoms with Crippen LogP contribution in [0.15, 0.2) is 16.6 Å². The highest BCUT2D eigenvalue weighted by Gasteiger charge is 2.35. The van der Waals surface area contributed by atoms with E-state index in [0.29, 0.717) is 6.07 Å². The lowest BCUT2D eigenvalue weighted by Crippen LogP contribution is -2.22. The summed E-state index contributed by atoms with van der Waals surface area (Å²) in [5.74, 6) is -1.01. The largest absolute Gasteiger partial charge is 0.418 e. The van der Waals surface area contributed by atoms with Gasteiger partial charge in [0.25, 0.3) is 0 Å². The maximum Gasteiger partial charge on any atom is 0.418 e. The number of benzene rings is 1. The summed E-state index contributed by atoms with van der Waals surface area (Å²) in [6.07, 6.45) is -4.70. The Bertz CT molecular complexity index is 433. The van der Waals surface area contributed by atoms with Crippen LogP contribution in [0.1, 0.15) is 5.56 Å². The Morgan fingerprint density at radius 2 is 1.94 bits per heavy atom. The minimum atomic E-state index is -4.70. The highest BCUT2D eigenvalue weighted by atomic mass is 79.9. The molecule has 0 atom stereocenters. The topological polar surface area (TPSA) is 38.0 Å². The quantitative estimate of drug-likeness (QED) is 0.617. The third-order valence-electron chi connectivity index (χ3n) is 1.61. The Hall–Kier alpha value is -0.890. The van der Waals surface area contributed by atoms with Gasteiger partial charge in [-0.2, -0.15) is 13.2 Å². The molecule has 0 heterocycles. The van der Waals surface area contributed by atoms with E-state index in [9.17, 15) is 17.6 Å². The summed E-state index contributed by atoms with van der Waals surface area (Å²) in [5, 5.41) is 1.82. The van der Waals surface area contributed by atoms with Gasteiger partial charge in [-0.25, -0.2) is 4.39 Å². The summed E-state index contributed by atoms with van der Waals surface area (Å²) in [4.78, 5) is 0. The van der Waals surface area contributed by atoms with Crippen molar-refractivity contribution in [2.45, 2.75) is 6.18 Å². The number of anilines is 1. The van der Waals surface area contributed by atoms with Gasteiger partial charge in [0.1, 0.15) is 5.82 Å². The molecule has 1 aromatic rings. The van der Waals surface area contributed by atoms with Crippen LogP contribution in [0, 0.1) is 5.82 Å². The molecule has 0 saturated carbocycles. The van der Waals surface area contributed by atoms with Crippen LogP contribution in [0.5, 0.6) is 0 Å². The minimum Gasteiger partial charge on any atom is -0.376 e. The summed E-state index contributed by atoms with van der Waals surface area (Å²) in [6.45, 7) is 0. The average Bonchev–Trinajstić information content (AvgIpc) is 2.06. The van der Waals surface area contributed by atoms with Crippen molar-refractivity contribution in [3.63, 3.8) is 0 Å². The number of alkyl halides is 3. The molecule has 1 aromatic carbocycles. The Kier molecular flexibility index (Phi) is 3.74. The van der Waals surface area contributed by atoms with Crippen LogP contribution in [0.3, 0.4) is 0 Å². The highest BCUT2D eigenvalue weighted by Crippen LogP contribution is 2.39. The van der Waals surface area contributed by atoms with Crippen LogP contribution in [0.4, 0.5) is 23.2 Å². The highest BCUT2D eigenvalue weighted by molar-refractivity contribution is 9.10. The van der Waals surface area contributed by atoms with Crippen molar-refractivity contribution in [2.24, 2.45) is 5.73 Å². The zero-order chi connectivity index (χ0) is 12.5. The molecule has 16 heavy (non-hydrogen) atoms. The van der Waals surface area contributed by atoms with Gasteiger partial charge < -0.3 is 11.1 Å². The van der Waals surface area contributed by atoms with E-state index in [4.69, 9.17) is 5.73 Å². The fourth-order valence-electron chi connectivity index (χ4n) is 1.05. The molecule has 0 aliphatic heterocycles. The van der Waals surface area contributed by atoms with E-state index in [0.717, 1.165) is 6.07 Å². The Balaban J connectivity index is 3.38. The van der Waals surface area contributed by atoms with Gasteiger partial charge >= 0.3 is 6.18 Å². The zero-order valence-corrected chi connectivity index (χ0v) is 9.93. The maximum absolute atomic E-state index is 12.9. The van der Waals surface area contributed by atoms with Gasteiger partial charge in [-0.1, -0.05) is 0 Å². The van der Waals surface area contributed by atoms with Crippen LogP contribution in [-0.2, 0) is 6.18 Å². The Morgan fingerprint density at radius 3 is 2.38 bits per heavy atom. The van der Waals surface area contributed by atoms with E-state index >= 15 is 0 Å². The number of nitrogens with one attached hydrogen (secondary N) is 1. The summed E-state index contributed by atoms with van der Waals surface area (Å²) in [7, 11) is 0. The lowest BCUT2D eigenvalue weighted by atomic mass is 10.1. The van der Waals surface area contributed by atoms with Gasteiger partial charge in [-0.15, -0.1) is 0 Å². The number of rotatable bonds is 1. The van der Waals surface area contributed by atoms with Gasteiger partial charge in [-0.3, -0.25) is 0 Å². The van der Waals surface area contributed by atoms with Crippen LogP contribution in [0.2, 0.25) is 0 Å². The molecule has 0 radical (unpaired) electrons. The number of halogens is 5. The summed E-state index contributed by atoms with van der Waals surface area (Å²) in [5.41, 5.74) is 3.51. The third kappa shape index (κ3) is 3.05. The van der Waals surface area contributed by atoms with Crippen molar-refractivity contribution in [1.29, 1.82) is 0 Å². The van der Waals surface area contributed by atoms with Crippen LogP contribution < -0.4 is 11.1 Å².